The summed E-state index contributed by atoms with van der Waals surface area (Å²) >= 11 is 5.41. The van der Waals surface area contributed by atoms with Crippen molar-refractivity contribution in [1.29, 1.82) is 5.26 Å². The molecule has 3 rings (SSSR count). The summed E-state index contributed by atoms with van der Waals surface area (Å²) < 4.78 is 10.3. The SMILES string of the molecule is N#Cc1ccc(OC(=O)c2ccccc2)nc1OC(=O)c1cccc(C(=O)Cl)c1. The normalized spacial score (nSPS) is 9.93. The summed E-state index contributed by atoms with van der Waals surface area (Å²) in [6.45, 7) is 0. The maximum absolute atomic E-state index is 12.4. The molecule has 0 atom stereocenters. The van der Waals surface area contributed by atoms with Gasteiger partial charge in [-0.05, 0) is 41.9 Å². The van der Waals surface area contributed by atoms with E-state index in [1.165, 1.54) is 36.4 Å². The topological polar surface area (TPSA) is 106 Å². The third kappa shape index (κ3) is 4.83. The Labute approximate surface area is 170 Å². The van der Waals surface area contributed by atoms with Gasteiger partial charge in [-0.2, -0.15) is 10.2 Å². The van der Waals surface area contributed by atoms with Gasteiger partial charge < -0.3 is 9.47 Å². The quantitative estimate of drug-likeness (QED) is 0.469. The molecule has 7 nitrogen and oxygen atoms in total. The molecule has 0 aliphatic rings. The summed E-state index contributed by atoms with van der Waals surface area (Å²) in [5.74, 6) is -2.00. The first-order chi connectivity index (χ1) is 14.0. The molecule has 0 unspecified atom stereocenters. The van der Waals surface area contributed by atoms with Crippen LogP contribution in [0.2, 0.25) is 0 Å². The number of carbonyl (C=O) groups is 3. The van der Waals surface area contributed by atoms with Gasteiger partial charge in [0, 0.05) is 11.6 Å². The lowest BCUT2D eigenvalue weighted by atomic mass is 10.1. The number of esters is 2. The molecule has 29 heavy (non-hydrogen) atoms. The van der Waals surface area contributed by atoms with Gasteiger partial charge in [-0.25, -0.2) is 9.59 Å². The molecule has 1 aromatic heterocycles. The van der Waals surface area contributed by atoms with Crippen molar-refractivity contribution >= 4 is 28.8 Å². The first kappa shape index (κ1) is 19.7. The zero-order valence-electron chi connectivity index (χ0n) is 14.7. The van der Waals surface area contributed by atoms with E-state index in [9.17, 15) is 19.6 Å². The van der Waals surface area contributed by atoms with E-state index in [-0.39, 0.29) is 28.5 Å². The smallest absolute Gasteiger partial charge is 0.344 e. The average molecular weight is 407 g/mol. The number of rotatable bonds is 5. The third-order valence-electron chi connectivity index (χ3n) is 3.68. The lowest BCUT2D eigenvalue weighted by molar-refractivity contribution is 0.0717. The Balaban J connectivity index is 1.83. The van der Waals surface area contributed by atoms with Crippen LogP contribution in [0.3, 0.4) is 0 Å². The highest BCUT2D eigenvalue weighted by Crippen LogP contribution is 2.22. The fraction of sp³-hybridized carbons (Fsp3) is 0. The molecule has 0 N–H and O–H groups in total. The Bertz CT molecular complexity index is 1140. The van der Waals surface area contributed by atoms with E-state index < -0.39 is 17.2 Å². The lowest BCUT2D eigenvalue weighted by Gasteiger charge is -2.08. The molecule has 0 radical (unpaired) electrons. The summed E-state index contributed by atoms with van der Waals surface area (Å²) in [6.07, 6.45) is 0. The Morgan fingerprint density at radius 3 is 2.17 bits per heavy atom. The van der Waals surface area contributed by atoms with Gasteiger partial charge in [-0.3, -0.25) is 4.79 Å². The molecule has 0 saturated carbocycles. The van der Waals surface area contributed by atoms with Crippen molar-refractivity contribution in [2.24, 2.45) is 0 Å². The first-order valence-corrected chi connectivity index (χ1v) is 8.56. The van der Waals surface area contributed by atoms with Crippen LogP contribution in [0.1, 0.15) is 36.6 Å². The van der Waals surface area contributed by atoms with E-state index in [1.54, 1.807) is 30.3 Å². The van der Waals surface area contributed by atoms with Gasteiger partial charge in [0.1, 0.15) is 11.6 Å². The molecule has 3 aromatic rings. The molecule has 0 aliphatic carbocycles. The van der Waals surface area contributed by atoms with Crippen molar-refractivity contribution in [3.63, 3.8) is 0 Å². The highest BCUT2D eigenvalue weighted by atomic mass is 35.5. The van der Waals surface area contributed by atoms with Gasteiger partial charge in [0.15, 0.2) is 0 Å². The Morgan fingerprint density at radius 1 is 0.828 bits per heavy atom. The molecule has 0 aliphatic heterocycles. The number of hydrogen-bond donors (Lipinski definition) is 0. The van der Waals surface area contributed by atoms with E-state index >= 15 is 0 Å². The summed E-state index contributed by atoms with van der Waals surface area (Å²) in [4.78, 5) is 39.7. The minimum Gasteiger partial charge on any atom is -0.404 e. The van der Waals surface area contributed by atoms with Gasteiger partial charge in [0.2, 0.25) is 11.8 Å². The van der Waals surface area contributed by atoms with E-state index in [0.717, 1.165) is 0 Å². The van der Waals surface area contributed by atoms with Crippen LogP contribution in [0, 0.1) is 11.3 Å². The largest absolute Gasteiger partial charge is 0.404 e. The predicted octanol–water partition coefficient (Wildman–Crippen LogP) is 3.77. The number of nitriles is 1. The van der Waals surface area contributed by atoms with Gasteiger partial charge in [-0.15, -0.1) is 0 Å². The van der Waals surface area contributed by atoms with Crippen LogP contribution in [0.5, 0.6) is 11.8 Å². The molecule has 0 amide bonds. The Morgan fingerprint density at radius 2 is 1.48 bits per heavy atom. The van der Waals surface area contributed by atoms with Crippen LogP contribution >= 0.6 is 11.6 Å². The second kappa shape index (κ2) is 8.78. The number of ether oxygens (including phenoxy) is 2. The molecule has 0 bridgehead atoms. The van der Waals surface area contributed by atoms with Crippen molar-refractivity contribution in [2.75, 3.05) is 0 Å². The van der Waals surface area contributed by atoms with Gasteiger partial charge in [0.05, 0.1) is 11.1 Å². The molecule has 0 fully saturated rings. The zero-order valence-corrected chi connectivity index (χ0v) is 15.4. The van der Waals surface area contributed by atoms with Crippen molar-refractivity contribution in [3.8, 4) is 17.8 Å². The van der Waals surface area contributed by atoms with Gasteiger partial charge in [0.25, 0.3) is 5.24 Å². The number of aromatic nitrogens is 1. The van der Waals surface area contributed by atoms with E-state index in [0.29, 0.717) is 5.56 Å². The van der Waals surface area contributed by atoms with Crippen molar-refractivity contribution in [2.45, 2.75) is 0 Å². The summed E-state index contributed by atoms with van der Waals surface area (Å²) in [5, 5.41) is 8.49. The van der Waals surface area contributed by atoms with E-state index in [4.69, 9.17) is 21.1 Å². The van der Waals surface area contributed by atoms with Crippen LogP contribution in [-0.4, -0.2) is 22.2 Å². The van der Waals surface area contributed by atoms with Crippen LogP contribution in [0.15, 0.2) is 66.7 Å². The maximum Gasteiger partial charge on any atom is 0.344 e. The standard InChI is InChI=1S/C21H11ClN2O5/c22-18(25)14-7-4-8-15(11-14)21(27)29-19-16(12-23)9-10-17(24-19)28-20(26)13-5-2-1-3-6-13/h1-11H. The van der Waals surface area contributed by atoms with Crippen molar-refractivity contribution < 1.29 is 23.9 Å². The highest BCUT2D eigenvalue weighted by Gasteiger charge is 2.17. The highest BCUT2D eigenvalue weighted by molar-refractivity contribution is 6.67. The molecule has 0 spiro atoms. The zero-order chi connectivity index (χ0) is 20.8. The summed E-state index contributed by atoms with van der Waals surface area (Å²) in [5.41, 5.74) is 0.413. The minimum absolute atomic E-state index is 0.0360. The Hall–Kier alpha value is -4.02. The molecule has 142 valence electrons. The number of pyridine rings is 1. The molecule has 0 saturated heterocycles. The number of nitrogens with zero attached hydrogens (tertiary/aromatic N) is 2. The predicted molar refractivity (Wildman–Crippen MR) is 102 cm³/mol. The number of carbonyl (C=O) groups excluding carboxylic acids is 3. The molecule has 1 heterocycles. The number of benzene rings is 2. The molecule has 8 heteroatoms. The van der Waals surface area contributed by atoms with Crippen LogP contribution in [0.25, 0.3) is 0 Å². The lowest BCUT2D eigenvalue weighted by Crippen LogP contribution is -2.13. The number of hydrogen-bond acceptors (Lipinski definition) is 7. The second-order valence-corrected chi connectivity index (χ2v) is 5.96. The second-order valence-electron chi connectivity index (χ2n) is 5.61. The van der Waals surface area contributed by atoms with Gasteiger partial charge >= 0.3 is 11.9 Å². The first-order valence-electron chi connectivity index (χ1n) is 8.18. The molecule has 2 aromatic carbocycles. The van der Waals surface area contributed by atoms with E-state index in [1.807, 2.05) is 6.07 Å². The maximum atomic E-state index is 12.4. The van der Waals surface area contributed by atoms with Crippen LogP contribution in [-0.2, 0) is 0 Å². The fourth-order valence-electron chi connectivity index (χ4n) is 2.29. The Kier molecular flexibility index (Phi) is 5.97. The summed E-state index contributed by atoms with van der Waals surface area (Å²) in [7, 11) is 0. The fourth-order valence-corrected chi connectivity index (χ4v) is 2.40. The number of halogens is 1. The molecular formula is C21H11ClN2O5. The van der Waals surface area contributed by atoms with Gasteiger partial charge in [-0.1, -0.05) is 30.3 Å². The third-order valence-corrected chi connectivity index (χ3v) is 3.89. The monoisotopic (exact) mass is 406 g/mol. The van der Waals surface area contributed by atoms with Crippen molar-refractivity contribution in [3.05, 3.63) is 89.0 Å². The van der Waals surface area contributed by atoms with Crippen molar-refractivity contribution in [1.82, 2.24) is 4.98 Å². The van der Waals surface area contributed by atoms with E-state index in [2.05, 4.69) is 4.98 Å². The summed E-state index contributed by atoms with van der Waals surface area (Å²) in [6, 6.07) is 18.3. The minimum atomic E-state index is -0.861. The average Bonchev–Trinajstić information content (AvgIpc) is 2.74. The molecular weight excluding hydrogens is 396 g/mol. The van der Waals surface area contributed by atoms with Crippen LogP contribution in [0.4, 0.5) is 0 Å². The van der Waals surface area contributed by atoms with Crippen LogP contribution < -0.4 is 9.47 Å².